The van der Waals surface area contributed by atoms with Crippen molar-refractivity contribution in [2.45, 2.75) is 118 Å². The molecule has 1 spiro atoms. The van der Waals surface area contributed by atoms with E-state index in [-0.39, 0.29) is 104 Å². The van der Waals surface area contributed by atoms with Crippen molar-refractivity contribution in [1.82, 2.24) is 15.5 Å². The van der Waals surface area contributed by atoms with Gasteiger partial charge in [-0.3, -0.25) is 9.59 Å². The molecule has 70 heavy (non-hydrogen) atoms. The van der Waals surface area contributed by atoms with E-state index in [4.69, 9.17) is 19.6 Å². The summed E-state index contributed by atoms with van der Waals surface area (Å²) in [5, 5.41) is 49.4. The van der Waals surface area contributed by atoms with Gasteiger partial charge in [-0.25, -0.2) is 9.59 Å². The maximum Gasteiger partial charge on any atom is 0.340 e. The summed E-state index contributed by atoms with van der Waals surface area (Å²) < 4.78 is 20.5. The van der Waals surface area contributed by atoms with Crippen molar-refractivity contribution in [1.29, 1.82) is 0 Å². The van der Waals surface area contributed by atoms with Gasteiger partial charge in [0.1, 0.15) is 11.3 Å². The molecule has 4 aliphatic heterocycles. The molecule has 1 amide bonds. The SMILES string of the molecule is C/C=C(\CCO)C(=O)O[C@]1(C)[C@@H](CO)C=C2CSS[C@H]3C[C@@H]4C(=O)C=C[C@H]5[C@@H]([C@@H]4NC)[C@@H]3N5C(=O)CC3=C(C=C(N)NC3)[C@H]2[C@]12Cc1cc3cc(C4([C@H](CO)CCCO)CCCC4)c(=O)oc3cc1O2. The summed E-state index contributed by atoms with van der Waals surface area (Å²) in [5.41, 5.74) is 6.74. The summed E-state index contributed by atoms with van der Waals surface area (Å²) in [7, 11) is 5.24. The highest BCUT2D eigenvalue weighted by molar-refractivity contribution is 8.77. The van der Waals surface area contributed by atoms with Gasteiger partial charge in [0.2, 0.25) is 5.91 Å². The summed E-state index contributed by atoms with van der Waals surface area (Å²) >= 11 is 0. The molecule has 3 fully saturated rings. The number of ketones is 1. The molecule has 2 aromatic rings. The molecule has 10 rings (SSSR count). The summed E-state index contributed by atoms with van der Waals surface area (Å²) in [6, 6.07) is 5.20. The number of allylic oxidation sites excluding steroid dienone is 3. The Morgan fingerprint density at radius 2 is 1.93 bits per heavy atom. The van der Waals surface area contributed by atoms with E-state index in [1.807, 2.05) is 42.3 Å². The fourth-order valence-electron chi connectivity index (χ4n) is 14.2. The second-order valence-corrected chi connectivity index (χ2v) is 23.4. The van der Waals surface area contributed by atoms with E-state index < -0.39 is 46.7 Å². The van der Waals surface area contributed by atoms with Crippen molar-refractivity contribution in [3.8, 4) is 5.75 Å². The van der Waals surface area contributed by atoms with Crippen molar-refractivity contribution < 1.29 is 48.7 Å². The van der Waals surface area contributed by atoms with Gasteiger partial charge < -0.3 is 55.6 Å². The third-order valence-electron chi connectivity index (χ3n) is 17.6. The van der Waals surface area contributed by atoms with Crippen LogP contribution in [0.3, 0.4) is 0 Å². The van der Waals surface area contributed by atoms with Crippen molar-refractivity contribution in [3.05, 3.63) is 98.2 Å². The lowest BCUT2D eigenvalue weighted by molar-refractivity contribution is -0.202. The molecular weight excluding hydrogens is 933 g/mol. The van der Waals surface area contributed by atoms with E-state index in [9.17, 15) is 34.8 Å². The van der Waals surface area contributed by atoms with E-state index in [2.05, 4.69) is 10.6 Å². The van der Waals surface area contributed by atoms with Gasteiger partial charge >= 0.3 is 11.6 Å². The van der Waals surface area contributed by atoms with Crippen LogP contribution in [0.2, 0.25) is 0 Å². The summed E-state index contributed by atoms with van der Waals surface area (Å²) in [4.78, 5) is 59.4. The zero-order chi connectivity index (χ0) is 49.3. The molecule has 11 atom stereocenters. The minimum atomic E-state index is -1.60. The number of nitrogens with one attached hydrogen (secondary N) is 2. The minimum Gasteiger partial charge on any atom is -0.481 e. The molecule has 2 bridgehead atoms. The Balaban J connectivity index is 1.14. The number of carbonyl (C=O) groups excluding carboxylic acids is 3. The number of aliphatic hydroxyl groups is 4. The first kappa shape index (κ1) is 49.2. The van der Waals surface area contributed by atoms with Gasteiger partial charge in [-0.2, -0.15) is 0 Å². The number of ether oxygens (including phenoxy) is 2. The zero-order valence-corrected chi connectivity index (χ0v) is 41.7. The second-order valence-electron chi connectivity index (χ2n) is 20.8. The predicted octanol–water partition coefficient (Wildman–Crippen LogP) is 4.25. The van der Waals surface area contributed by atoms with Gasteiger partial charge in [-0.05, 0) is 99.9 Å². The number of rotatable bonds is 12. The first-order chi connectivity index (χ1) is 33.8. The van der Waals surface area contributed by atoms with Crippen LogP contribution in [0.1, 0.15) is 82.8 Å². The molecule has 1 aromatic carbocycles. The molecule has 2 saturated carbocycles. The highest BCUT2D eigenvalue weighted by atomic mass is 33.1. The van der Waals surface area contributed by atoms with Gasteiger partial charge in [-0.1, -0.05) is 58.2 Å². The molecule has 1 saturated heterocycles. The number of aliphatic hydroxyl groups excluding tert-OH is 4. The lowest BCUT2D eigenvalue weighted by atomic mass is 9.57. The first-order valence-electron chi connectivity index (χ1n) is 25.0. The quantitative estimate of drug-likeness (QED) is 0.0518. The van der Waals surface area contributed by atoms with Crippen molar-refractivity contribution >= 4 is 50.2 Å². The third kappa shape index (κ3) is 7.74. The normalized spacial score (nSPS) is 33.6. The lowest BCUT2D eigenvalue weighted by Gasteiger charge is -2.62. The topological polar surface area (TPSA) is 234 Å². The van der Waals surface area contributed by atoms with Gasteiger partial charge in [-0.15, -0.1) is 0 Å². The number of nitrogens with zero attached hydrogens (tertiary/aromatic N) is 1. The Kier molecular flexibility index (Phi) is 13.5. The van der Waals surface area contributed by atoms with E-state index >= 15 is 4.79 Å². The zero-order valence-electron chi connectivity index (χ0n) is 40.1. The van der Waals surface area contributed by atoms with Crippen LogP contribution in [0.15, 0.2) is 85.9 Å². The fourth-order valence-corrected chi connectivity index (χ4v) is 17.2. The van der Waals surface area contributed by atoms with Crippen LogP contribution >= 0.6 is 21.6 Å². The number of nitrogens with two attached hydrogens (primary N) is 1. The van der Waals surface area contributed by atoms with E-state index in [0.29, 0.717) is 66.0 Å². The number of carbonyl (C=O) groups is 3. The maximum atomic E-state index is 15.1. The number of hydrogen-bond acceptors (Lipinski definition) is 16. The molecule has 376 valence electrons. The Morgan fingerprint density at radius 3 is 2.64 bits per heavy atom. The Hall–Kier alpha value is -4.36. The molecule has 0 radical (unpaired) electrons. The van der Waals surface area contributed by atoms with Crippen LogP contribution in [0, 0.1) is 29.6 Å². The largest absolute Gasteiger partial charge is 0.481 e. The Morgan fingerprint density at radius 1 is 1.13 bits per heavy atom. The molecule has 5 heterocycles. The van der Waals surface area contributed by atoms with E-state index in [1.165, 1.54) is 0 Å². The number of hydrogen-bond donors (Lipinski definition) is 7. The molecular formula is C53H66N4O11S2. The van der Waals surface area contributed by atoms with Gasteiger partial charge in [0.05, 0.1) is 36.9 Å². The third-order valence-corrected chi connectivity index (χ3v) is 20.4. The number of dihydropyridines is 1. The van der Waals surface area contributed by atoms with Gasteiger partial charge in [0.25, 0.3) is 0 Å². The van der Waals surface area contributed by atoms with Crippen LogP contribution < -0.4 is 26.7 Å². The molecule has 17 heteroatoms. The second kappa shape index (κ2) is 19.2. The van der Waals surface area contributed by atoms with E-state index in [1.54, 1.807) is 53.7 Å². The van der Waals surface area contributed by atoms with Crippen molar-refractivity contribution in [2.24, 2.45) is 35.3 Å². The summed E-state index contributed by atoms with van der Waals surface area (Å²) in [6.45, 7) is 2.92. The Labute approximate surface area is 415 Å². The molecule has 8 N–H and O–H groups in total. The van der Waals surface area contributed by atoms with Crippen LogP contribution in [0.25, 0.3) is 11.0 Å². The first-order valence-corrected chi connectivity index (χ1v) is 27.4. The summed E-state index contributed by atoms with van der Waals surface area (Å²) in [6.07, 6.45) is 14.2. The average Bonchev–Trinajstić information content (AvgIpc) is 3.97. The van der Waals surface area contributed by atoms with E-state index in [0.717, 1.165) is 35.1 Å². The highest BCUT2D eigenvalue weighted by Gasteiger charge is 2.68. The van der Waals surface area contributed by atoms with Gasteiger partial charge in [0, 0.05) is 102 Å². The van der Waals surface area contributed by atoms with Crippen molar-refractivity contribution in [2.75, 3.05) is 45.8 Å². The van der Waals surface area contributed by atoms with Crippen LogP contribution in [-0.2, 0) is 31.0 Å². The van der Waals surface area contributed by atoms with Crippen molar-refractivity contribution in [3.63, 3.8) is 0 Å². The molecule has 0 unspecified atom stereocenters. The number of benzene rings is 1. The predicted molar refractivity (Wildman–Crippen MR) is 267 cm³/mol. The maximum absolute atomic E-state index is 15.1. The molecule has 1 aromatic heterocycles. The molecule has 8 aliphatic rings. The molecule has 4 aliphatic carbocycles. The number of amides is 1. The number of fused-ring (bicyclic) bond motifs is 7. The minimum absolute atomic E-state index is 0.0174. The van der Waals surface area contributed by atoms with Gasteiger partial charge in [0.15, 0.2) is 17.0 Å². The average molecular weight is 999 g/mol. The standard InChI is InChI=1S/C53H66N4O11S2/c1-4-28(11-15-59)49(64)68-51(2)34(26-61)17-32-27-69-70-42-20-36-39(62)10-9-38-45(47(36)55-3)48(42)57(38)44(63)19-31-24-56-43(54)21-35(31)46(32)53(51)23-30-16-29-18-37(50(65)66-40(29)22-41(30)67-53)52(12-5-6-13-52)33(25-60)8-7-14-58/h4,9-10,16-18,21-22,33-34,36,38,42,45-48,55-56,58-61H,5-8,11-15,19-20,23-27,54H2,1-3H3/b28-4+/t33-,34+,36+,38-,42-,45-,46-,47+,48+,51+,53+/m0/s1. The smallest absolute Gasteiger partial charge is 0.340 e. The number of esters is 1. The van der Waals surface area contributed by atoms with Crippen LogP contribution in [-0.4, -0.2) is 123 Å². The summed E-state index contributed by atoms with van der Waals surface area (Å²) in [5.74, 6) is -1.29. The lowest BCUT2D eigenvalue weighted by Crippen LogP contribution is -2.75. The van der Waals surface area contributed by atoms with Crippen LogP contribution in [0.4, 0.5) is 0 Å². The monoisotopic (exact) mass is 998 g/mol. The molecule has 15 nitrogen and oxygen atoms in total. The Bertz CT molecular complexity index is 2670. The fraction of sp³-hybridized carbons (Fsp3) is 0.585. The van der Waals surface area contributed by atoms with Crippen LogP contribution in [0.5, 0.6) is 5.75 Å². The highest BCUT2D eigenvalue weighted by Crippen LogP contribution is 2.60.